The van der Waals surface area contributed by atoms with Crippen LogP contribution in [0.5, 0.6) is 0 Å². The van der Waals surface area contributed by atoms with Gasteiger partial charge in [-0.3, -0.25) is 9.59 Å². The lowest BCUT2D eigenvalue weighted by atomic mass is 10.0. The molecule has 0 aliphatic carbocycles. The van der Waals surface area contributed by atoms with Gasteiger partial charge in [-0.2, -0.15) is 11.8 Å². The van der Waals surface area contributed by atoms with Gasteiger partial charge in [0, 0.05) is 12.7 Å². The van der Waals surface area contributed by atoms with Crippen LogP contribution in [0.4, 0.5) is 10.5 Å². The van der Waals surface area contributed by atoms with Crippen LogP contribution in [0, 0.1) is 13.8 Å². The van der Waals surface area contributed by atoms with Crippen molar-refractivity contribution in [3.05, 3.63) is 65.2 Å². The number of nitrogens with one attached hydrogen (secondary N) is 2. The summed E-state index contributed by atoms with van der Waals surface area (Å²) in [4.78, 5) is 41.1. The van der Waals surface area contributed by atoms with Gasteiger partial charge in [-0.05, 0) is 70.2 Å². The number of hydrogen-bond acceptors (Lipinski definition) is 5. The first-order valence-corrected chi connectivity index (χ1v) is 13.0. The molecule has 0 aliphatic heterocycles. The largest absolute Gasteiger partial charge is 0.444 e. The Labute approximate surface area is 213 Å². The summed E-state index contributed by atoms with van der Waals surface area (Å²) in [5.41, 5.74) is 2.57. The number of anilines is 1. The van der Waals surface area contributed by atoms with Crippen LogP contribution in [-0.2, 0) is 14.3 Å². The average molecular weight is 500 g/mol. The maximum absolute atomic E-state index is 13.6. The minimum atomic E-state index is -0.890. The summed E-state index contributed by atoms with van der Waals surface area (Å²) in [5, 5.41) is 5.68. The molecule has 0 heterocycles. The van der Waals surface area contributed by atoms with E-state index in [2.05, 4.69) is 10.6 Å². The molecular weight excluding hydrogens is 462 g/mol. The topological polar surface area (TPSA) is 87.7 Å². The number of amides is 3. The van der Waals surface area contributed by atoms with Crippen molar-refractivity contribution in [3.63, 3.8) is 0 Å². The zero-order chi connectivity index (χ0) is 26.2. The Balaban J connectivity index is 2.37. The molecule has 0 radical (unpaired) electrons. The van der Waals surface area contributed by atoms with E-state index in [1.165, 1.54) is 4.90 Å². The lowest BCUT2D eigenvalue weighted by Crippen LogP contribution is -2.51. The van der Waals surface area contributed by atoms with Crippen molar-refractivity contribution >= 4 is 35.4 Å². The summed E-state index contributed by atoms with van der Waals surface area (Å²) in [6.07, 6.45) is 1.68. The number of alkyl carbamates (subject to hydrolysis) is 1. The zero-order valence-corrected chi connectivity index (χ0v) is 22.5. The normalized spacial score (nSPS) is 12.9. The standard InChI is InChI=1S/C27H37N3O4S/c1-18-11-10-13-20(17-18)23(24(31)28-21-14-9-8-12-19(21)2)30(6)25(32)22(15-16-35-7)29-26(33)34-27(3,4)5/h8-14,17,22-23H,15-16H2,1-7H3,(H,28,31)(H,29,33). The third-order valence-corrected chi connectivity index (χ3v) is 5.99. The van der Waals surface area contributed by atoms with Gasteiger partial charge in [-0.25, -0.2) is 4.79 Å². The minimum absolute atomic E-state index is 0.332. The highest BCUT2D eigenvalue weighted by Crippen LogP contribution is 2.25. The number of thioether (sulfide) groups is 1. The Hall–Kier alpha value is -3.00. The summed E-state index contributed by atoms with van der Waals surface area (Å²) in [6, 6.07) is 13.3. The summed E-state index contributed by atoms with van der Waals surface area (Å²) >= 11 is 1.57. The number of likely N-dealkylation sites (N-methyl/N-ethyl adjacent to an activating group) is 1. The number of aryl methyl sites for hydroxylation is 2. The van der Waals surface area contributed by atoms with Crippen LogP contribution in [0.1, 0.15) is 49.9 Å². The van der Waals surface area contributed by atoms with Crippen LogP contribution in [0.3, 0.4) is 0 Å². The molecule has 2 rings (SSSR count). The molecule has 0 aromatic heterocycles. The second kappa shape index (κ2) is 12.6. The predicted octanol–water partition coefficient (Wildman–Crippen LogP) is 5.09. The third-order valence-electron chi connectivity index (χ3n) is 5.34. The maximum atomic E-state index is 13.6. The fourth-order valence-corrected chi connectivity index (χ4v) is 4.09. The molecule has 2 atom stereocenters. The maximum Gasteiger partial charge on any atom is 0.408 e. The van der Waals surface area contributed by atoms with Crippen molar-refractivity contribution in [2.45, 2.75) is 58.7 Å². The van der Waals surface area contributed by atoms with Crippen molar-refractivity contribution < 1.29 is 19.1 Å². The molecule has 2 aromatic carbocycles. The van der Waals surface area contributed by atoms with Gasteiger partial charge in [-0.15, -0.1) is 0 Å². The summed E-state index contributed by atoms with van der Waals surface area (Å²) in [5.74, 6) is -0.0390. The van der Waals surface area contributed by atoms with E-state index in [9.17, 15) is 14.4 Å². The van der Waals surface area contributed by atoms with Gasteiger partial charge in [0.05, 0.1) is 0 Å². The molecule has 8 heteroatoms. The van der Waals surface area contributed by atoms with E-state index in [0.29, 0.717) is 23.4 Å². The van der Waals surface area contributed by atoms with Crippen LogP contribution in [0.25, 0.3) is 0 Å². The Morgan fingerprint density at radius 1 is 1.06 bits per heavy atom. The van der Waals surface area contributed by atoms with E-state index in [1.54, 1.807) is 39.6 Å². The quantitative estimate of drug-likeness (QED) is 0.502. The molecule has 0 saturated heterocycles. The van der Waals surface area contributed by atoms with Crippen molar-refractivity contribution in [2.75, 3.05) is 24.4 Å². The second-order valence-electron chi connectivity index (χ2n) is 9.55. The van der Waals surface area contributed by atoms with Crippen molar-refractivity contribution in [2.24, 2.45) is 0 Å². The van der Waals surface area contributed by atoms with E-state index in [-0.39, 0.29) is 11.8 Å². The van der Waals surface area contributed by atoms with Crippen molar-refractivity contribution in [1.29, 1.82) is 0 Å². The molecule has 2 unspecified atom stereocenters. The molecule has 0 aliphatic rings. The van der Waals surface area contributed by atoms with Crippen molar-refractivity contribution in [1.82, 2.24) is 10.2 Å². The molecule has 0 saturated carbocycles. The SMILES string of the molecule is CSCCC(NC(=O)OC(C)(C)C)C(=O)N(C)C(C(=O)Nc1ccccc1C)c1cccc(C)c1. The molecule has 3 amide bonds. The molecule has 2 N–H and O–H groups in total. The number of carbonyl (C=O) groups excluding carboxylic acids is 3. The summed E-state index contributed by atoms with van der Waals surface area (Å²) in [7, 11) is 1.59. The molecule has 0 bridgehead atoms. The van der Waals surface area contributed by atoms with Gasteiger partial charge >= 0.3 is 6.09 Å². The molecule has 7 nitrogen and oxygen atoms in total. The average Bonchev–Trinajstić information content (AvgIpc) is 2.76. The van der Waals surface area contributed by atoms with Crippen LogP contribution < -0.4 is 10.6 Å². The van der Waals surface area contributed by atoms with Crippen LogP contribution in [0.15, 0.2) is 48.5 Å². The molecule has 35 heavy (non-hydrogen) atoms. The van der Waals surface area contributed by atoms with E-state index in [1.807, 2.05) is 68.6 Å². The number of benzene rings is 2. The van der Waals surface area contributed by atoms with E-state index in [4.69, 9.17) is 4.74 Å². The highest BCUT2D eigenvalue weighted by Gasteiger charge is 2.34. The number of carbonyl (C=O) groups is 3. The lowest BCUT2D eigenvalue weighted by Gasteiger charge is -2.32. The number of rotatable bonds is 9. The van der Waals surface area contributed by atoms with Crippen LogP contribution in [0.2, 0.25) is 0 Å². The highest BCUT2D eigenvalue weighted by atomic mass is 32.2. The van der Waals surface area contributed by atoms with E-state index < -0.39 is 23.8 Å². The molecule has 2 aromatic rings. The first kappa shape index (κ1) is 28.2. The Kier molecular flexibility index (Phi) is 10.2. The highest BCUT2D eigenvalue weighted by molar-refractivity contribution is 7.98. The zero-order valence-electron chi connectivity index (χ0n) is 21.7. The Morgan fingerprint density at radius 2 is 1.74 bits per heavy atom. The van der Waals surface area contributed by atoms with Gasteiger partial charge in [-0.1, -0.05) is 48.0 Å². The third kappa shape index (κ3) is 8.62. The van der Waals surface area contributed by atoms with E-state index >= 15 is 0 Å². The smallest absolute Gasteiger partial charge is 0.408 e. The summed E-state index contributed by atoms with van der Waals surface area (Å²) < 4.78 is 5.37. The molecular formula is C27H37N3O4S. The molecule has 0 fully saturated rings. The predicted molar refractivity (Wildman–Crippen MR) is 143 cm³/mol. The first-order chi connectivity index (χ1) is 16.4. The number of para-hydroxylation sites is 1. The van der Waals surface area contributed by atoms with Gasteiger partial charge in [0.25, 0.3) is 5.91 Å². The Morgan fingerprint density at radius 3 is 2.34 bits per heavy atom. The first-order valence-electron chi connectivity index (χ1n) is 11.6. The summed E-state index contributed by atoms with van der Waals surface area (Å²) in [6.45, 7) is 9.14. The van der Waals surface area contributed by atoms with Gasteiger partial charge in [0.2, 0.25) is 5.91 Å². The Bertz CT molecular complexity index is 1040. The van der Waals surface area contributed by atoms with Crippen molar-refractivity contribution in [3.8, 4) is 0 Å². The van der Waals surface area contributed by atoms with Gasteiger partial charge in [0.1, 0.15) is 17.7 Å². The lowest BCUT2D eigenvalue weighted by molar-refractivity contribution is -0.139. The number of nitrogens with zero attached hydrogens (tertiary/aromatic N) is 1. The van der Waals surface area contributed by atoms with Crippen LogP contribution >= 0.6 is 11.8 Å². The van der Waals surface area contributed by atoms with E-state index in [0.717, 1.165) is 11.1 Å². The number of ether oxygens (including phenoxy) is 1. The van der Waals surface area contributed by atoms with Gasteiger partial charge < -0.3 is 20.3 Å². The fourth-order valence-electron chi connectivity index (χ4n) is 3.62. The minimum Gasteiger partial charge on any atom is -0.444 e. The number of hydrogen-bond donors (Lipinski definition) is 2. The molecule has 190 valence electrons. The second-order valence-corrected chi connectivity index (χ2v) is 10.5. The van der Waals surface area contributed by atoms with Crippen LogP contribution in [-0.4, -0.2) is 53.5 Å². The monoisotopic (exact) mass is 499 g/mol. The van der Waals surface area contributed by atoms with Gasteiger partial charge in [0.15, 0.2) is 0 Å². The molecule has 0 spiro atoms. The fraction of sp³-hybridized carbons (Fsp3) is 0.444.